The molecular weight excluding hydrogens is 349 g/mol. The van der Waals surface area contributed by atoms with E-state index in [0.717, 1.165) is 19.2 Å². The second kappa shape index (κ2) is 6.54. The molecule has 1 aliphatic heterocycles. The number of hydrogen-bond donors (Lipinski definition) is 2. The molecule has 0 aliphatic carbocycles. The molecule has 0 spiro atoms. The van der Waals surface area contributed by atoms with Crippen LogP contribution in [0.1, 0.15) is 30.5 Å². The Morgan fingerprint density at radius 2 is 1.95 bits per heavy atom. The number of alkyl halides is 3. The number of phenolic OH excluding ortho intramolecular Hbond substituents is 1. The number of phenols is 1. The Labute approximate surface area is 130 Å². The average Bonchev–Trinajstić information content (AvgIpc) is 2.44. The highest BCUT2D eigenvalue weighted by atomic mass is 79.9. The summed E-state index contributed by atoms with van der Waals surface area (Å²) in [6, 6.07) is 1.83. The summed E-state index contributed by atoms with van der Waals surface area (Å²) >= 11 is 3.12. The smallest absolute Gasteiger partial charge is 0.416 e. The van der Waals surface area contributed by atoms with Crippen LogP contribution in [0.2, 0.25) is 0 Å². The normalized spacial score (nSPS) is 18.7. The molecule has 1 atom stereocenters. The van der Waals surface area contributed by atoms with E-state index in [2.05, 4.69) is 21.2 Å². The van der Waals surface area contributed by atoms with Crippen molar-refractivity contribution in [2.24, 2.45) is 0 Å². The third-order valence-electron chi connectivity index (χ3n) is 3.79. The molecule has 0 unspecified atom stereocenters. The SMILES string of the molecule is CC[C@H](c1c(C(F)(F)F)ccc(Br)c1O)N1CCNCC1. The summed E-state index contributed by atoms with van der Waals surface area (Å²) < 4.78 is 40.1. The highest BCUT2D eigenvalue weighted by Crippen LogP contribution is 2.44. The third-order valence-corrected chi connectivity index (χ3v) is 4.43. The molecule has 1 heterocycles. The minimum atomic E-state index is -4.48. The van der Waals surface area contributed by atoms with Crippen molar-refractivity contribution >= 4 is 15.9 Å². The maximum absolute atomic E-state index is 13.3. The number of aromatic hydroxyl groups is 1. The molecule has 0 saturated carbocycles. The maximum Gasteiger partial charge on any atom is 0.416 e. The molecule has 1 aromatic rings. The van der Waals surface area contributed by atoms with E-state index in [-0.39, 0.29) is 11.3 Å². The molecule has 1 aromatic carbocycles. The summed E-state index contributed by atoms with van der Waals surface area (Å²) in [6.07, 6.45) is -3.97. The van der Waals surface area contributed by atoms with Crippen molar-refractivity contribution in [2.75, 3.05) is 26.2 Å². The van der Waals surface area contributed by atoms with Crippen LogP contribution < -0.4 is 5.32 Å². The lowest BCUT2D eigenvalue weighted by molar-refractivity contribution is -0.139. The van der Waals surface area contributed by atoms with Gasteiger partial charge in [-0.15, -0.1) is 0 Å². The van der Waals surface area contributed by atoms with Gasteiger partial charge in [-0.3, -0.25) is 4.90 Å². The van der Waals surface area contributed by atoms with Crippen molar-refractivity contribution in [1.82, 2.24) is 10.2 Å². The van der Waals surface area contributed by atoms with Gasteiger partial charge in [0.25, 0.3) is 0 Å². The summed E-state index contributed by atoms with van der Waals surface area (Å²) in [6.45, 7) is 4.66. The van der Waals surface area contributed by atoms with Crippen LogP contribution in [0.4, 0.5) is 13.2 Å². The summed E-state index contributed by atoms with van der Waals surface area (Å²) in [5, 5.41) is 13.4. The number of rotatable bonds is 3. The minimum Gasteiger partial charge on any atom is -0.506 e. The fourth-order valence-corrected chi connectivity index (χ4v) is 3.15. The molecular formula is C14H18BrF3N2O. The van der Waals surface area contributed by atoms with Gasteiger partial charge in [0, 0.05) is 37.8 Å². The topological polar surface area (TPSA) is 35.5 Å². The minimum absolute atomic E-state index is 0.0266. The van der Waals surface area contributed by atoms with Crippen molar-refractivity contribution in [3.63, 3.8) is 0 Å². The Bertz CT molecular complexity index is 502. The number of nitrogens with one attached hydrogen (secondary N) is 1. The first-order valence-corrected chi connectivity index (χ1v) is 7.69. The van der Waals surface area contributed by atoms with Gasteiger partial charge in [-0.05, 0) is 34.5 Å². The predicted octanol–water partition coefficient (Wildman–Crippen LogP) is 3.53. The zero-order valence-corrected chi connectivity index (χ0v) is 13.3. The largest absolute Gasteiger partial charge is 0.506 e. The monoisotopic (exact) mass is 366 g/mol. The number of nitrogens with zero attached hydrogens (tertiary/aromatic N) is 1. The van der Waals surface area contributed by atoms with Crippen LogP contribution in [-0.4, -0.2) is 36.2 Å². The molecule has 1 saturated heterocycles. The lowest BCUT2D eigenvalue weighted by Gasteiger charge is -2.36. The van der Waals surface area contributed by atoms with E-state index in [0.29, 0.717) is 24.0 Å². The van der Waals surface area contributed by atoms with E-state index in [1.54, 1.807) is 0 Å². The Morgan fingerprint density at radius 3 is 2.48 bits per heavy atom. The van der Waals surface area contributed by atoms with E-state index in [9.17, 15) is 18.3 Å². The quantitative estimate of drug-likeness (QED) is 0.858. The van der Waals surface area contributed by atoms with Gasteiger partial charge in [0.05, 0.1) is 10.0 Å². The van der Waals surface area contributed by atoms with E-state index < -0.39 is 17.8 Å². The van der Waals surface area contributed by atoms with Gasteiger partial charge in [-0.2, -0.15) is 13.2 Å². The first-order chi connectivity index (χ1) is 9.86. The van der Waals surface area contributed by atoms with Gasteiger partial charge in [0.2, 0.25) is 0 Å². The zero-order chi connectivity index (χ0) is 15.6. The highest BCUT2D eigenvalue weighted by Gasteiger charge is 2.38. The van der Waals surface area contributed by atoms with Gasteiger partial charge in [-0.25, -0.2) is 0 Å². The lowest BCUT2D eigenvalue weighted by Crippen LogP contribution is -2.45. The van der Waals surface area contributed by atoms with Crippen LogP contribution >= 0.6 is 15.9 Å². The van der Waals surface area contributed by atoms with E-state index >= 15 is 0 Å². The van der Waals surface area contributed by atoms with E-state index in [4.69, 9.17) is 0 Å². The van der Waals surface area contributed by atoms with Crippen LogP contribution in [-0.2, 0) is 6.18 Å². The molecule has 7 heteroatoms. The highest BCUT2D eigenvalue weighted by molar-refractivity contribution is 9.10. The van der Waals surface area contributed by atoms with Crippen molar-refractivity contribution in [3.05, 3.63) is 27.7 Å². The summed E-state index contributed by atoms with van der Waals surface area (Å²) in [5.41, 5.74) is -0.783. The second-order valence-electron chi connectivity index (χ2n) is 5.07. The lowest BCUT2D eigenvalue weighted by atomic mass is 9.95. The Kier molecular flexibility index (Phi) is 5.16. The molecule has 0 radical (unpaired) electrons. The van der Waals surface area contributed by atoms with Crippen LogP contribution in [0.25, 0.3) is 0 Å². The molecule has 118 valence electrons. The standard InChI is InChI=1S/C14H18BrF3N2O/c1-2-11(20-7-5-19-6-8-20)12-9(14(16,17)18)3-4-10(15)13(12)21/h3-4,11,19,21H,2,5-8H2,1H3/t11-/m1/s1. The van der Waals surface area contributed by atoms with Crippen molar-refractivity contribution in [3.8, 4) is 5.75 Å². The molecule has 2 N–H and O–H groups in total. The first kappa shape index (κ1) is 16.6. The number of piperazine rings is 1. The fourth-order valence-electron chi connectivity index (χ4n) is 2.80. The number of benzene rings is 1. The zero-order valence-electron chi connectivity index (χ0n) is 11.7. The molecule has 1 fully saturated rings. The van der Waals surface area contributed by atoms with E-state index in [1.807, 2.05) is 11.8 Å². The van der Waals surface area contributed by atoms with Crippen LogP contribution in [0, 0.1) is 0 Å². The molecule has 21 heavy (non-hydrogen) atoms. The summed E-state index contributed by atoms with van der Waals surface area (Å²) in [4.78, 5) is 1.99. The van der Waals surface area contributed by atoms with Crippen LogP contribution in [0.3, 0.4) is 0 Å². The summed E-state index contributed by atoms with van der Waals surface area (Å²) in [5.74, 6) is -0.310. The van der Waals surface area contributed by atoms with Gasteiger partial charge in [-0.1, -0.05) is 6.92 Å². The molecule has 0 aromatic heterocycles. The second-order valence-corrected chi connectivity index (χ2v) is 5.92. The molecule has 3 nitrogen and oxygen atoms in total. The maximum atomic E-state index is 13.3. The third kappa shape index (κ3) is 3.52. The molecule has 0 bridgehead atoms. The van der Waals surface area contributed by atoms with Gasteiger partial charge in [0.1, 0.15) is 5.75 Å². The Morgan fingerprint density at radius 1 is 1.33 bits per heavy atom. The fraction of sp³-hybridized carbons (Fsp3) is 0.571. The predicted molar refractivity (Wildman–Crippen MR) is 78.3 cm³/mol. The molecule has 1 aliphatic rings. The average molecular weight is 367 g/mol. The van der Waals surface area contributed by atoms with Crippen LogP contribution in [0.15, 0.2) is 16.6 Å². The Hall–Kier alpha value is -0.790. The molecule has 0 amide bonds. The van der Waals surface area contributed by atoms with Gasteiger partial charge < -0.3 is 10.4 Å². The number of hydrogen-bond acceptors (Lipinski definition) is 3. The molecule has 2 rings (SSSR count). The van der Waals surface area contributed by atoms with Crippen molar-refractivity contribution in [2.45, 2.75) is 25.6 Å². The van der Waals surface area contributed by atoms with Gasteiger partial charge in [0.15, 0.2) is 0 Å². The Balaban J connectivity index is 2.50. The van der Waals surface area contributed by atoms with E-state index in [1.165, 1.54) is 6.07 Å². The van der Waals surface area contributed by atoms with Crippen molar-refractivity contribution < 1.29 is 18.3 Å². The van der Waals surface area contributed by atoms with Crippen LogP contribution in [0.5, 0.6) is 5.75 Å². The van der Waals surface area contributed by atoms with Crippen molar-refractivity contribution in [1.29, 1.82) is 0 Å². The number of halogens is 4. The first-order valence-electron chi connectivity index (χ1n) is 6.89. The summed E-state index contributed by atoms with van der Waals surface area (Å²) in [7, 11) is 0. The van der Waals surface area contributed by atoms with Gasteiger partial charge >= 0.3 is 6.18 Å².